The minimum Gasteiger partial charge on any atom is -0.292 e. The van der Waals surface area contributed by atoms with Crippen LogP contribution in [0.25, 0.3) is 0 Å². The van der Waals surface area contributed by atoms with Crippen molar-refractivity contribution in [3.05, 3.63) is 70.2 Å². The van der Waals surface area contributed by atoms with Gasteiger partial charge in [0.1, 0.15) is 0 Å². The van der Waals surface area contributed by atoms with Crippen molar-refractivity contribution in [2.24, 2.45) is 0 Å². The molecule has 0 saturated heterocycles. The standard InChI is InChI=1S/C17H20BrN/c1-14(2)19(12-15-6-4-3-5-7-15)13-16-8-10-17(18)11-9-16/h3-11,14H,12-13H2,1-2H3. The second kappa shape index (κ2) is 6.88. The van der Waals surface area contributed by atoms with Crippen LogP contribution in [0, 0.1) is 0 Å². The number of halogens is 1. The predicted octanol–water partition coefficient (Wildman–Crippen LogP) is 4.86. The molecule has 0 N–H and O–H groups in total. The van der Waals surface area contributed by atoms with E-state index in [-0.39, 0.29) is 0 Å². The first kappa shape index (κ1) is 14.3. The summed E-state index contributed by atoms with van der Waals surface area (Å²) in [4.78, 5) is 2.48. The number of hydrogen-bond acceptors (Lipinski definition) is 1. The van der Waals surface area contributed by atoms with E-state index >= 15 is 0 Å². The molecule has 2 heteroatoms. The first-order valence-corrected chi connectivity index (χ1v) is 7.47. The molecule has 0 bridgehead atoms. The molecule has 0 fully saturated rings. The Hall–Kier alpha value is -1.12. The third kappa shape index (κ3) is 4.48. The van der Waals surface area contributed by atoms with Gasteiger partial charge >= 0.3 is 0 Å². The maximum Gasteiger partial charge on any atom is 0.0240 e. The van der Waals surface area contributed by atoms with Crippen molar-refractivity contribution in [1.82, 2.24) is 4.90 Å². The SMILES string of the molecule is CC(C)N(Cc1ccccc1)Cc1ccc(Br)cc1. The molecule has 0 radical (unpaired) electrons. The molecule has 100 valence electrons. The van der Waals surface area contributed by atoms with Crippen LogP contribution in [0.3, 0.4) is 0 Å². The Bertz CT molecular complexity index is 490. The maximum absolute atomic E-state index is 3.48. The summed E-state index contributed by atoms with van der Waals surface area (Å²) >= 11 is 3.48. The average molecular weight is 318 g/mol. The van der Waals surface area contributed by atoms with Gasteiger partial charge < -0.3 is 0 Å². The Kier molecular flexibility index (Phi) is 5.17. The molecule has 2 rings (SSSR count). The predicted molar refractivity (Wildman–Crippen MR) is 85.0 cm³/mol. The summed E-state index contributed by atoms with van der Waals surface area (Å²) in [5, 5.41) is 0. The molecule has 0 aliphatic rings. The van der Waals surface area contributed by atoms with Crippen LogP contribution in [0.5, 0.6) is 0 Å². The monoisotopic (exact) mass is 317 g/mol. The molecule has 0 aliphatic carbocycles. The molecular weight excluding hydrogens is 298 g/mol. The average Bonchev–Trinajstić information content (AvgIpc) is 2.41. The highest BCUT2D eigenvalue weighted by atomic mass is 79.9. The summed E-state index contributed by atoms with van der Waals surface area (Å²) in [5.41, 5.74) is 2.72. The maximum atomic E-state index is 3.48. The van der Waals surface area contributed by atoms with E-state index in [0.29, 0.717) is 6.04 Å². The van der Waals surface area contributed by atoms with Crippen molar-refractivity contribution < 1.29 is 0 Å². The van der Waals surface area contributed by atoms with Gasteiger partial charge in [-0.1, -0.05) is 58.4 Å². The lowest BCUT2D eigenvalue weighted by atomic mass is 10.1. The van der Waals surface area contributed by atoms with Gasteiger partial charge in [0.2, 0.25) is 0 Å². The zero-order valence-corrected chi connectivity index (χ0v) is 13.1. The number of hydrogen-bond donors (Lipinski definition) is 0. The van der Waals surface area contributed by atoms with Crippen LogP contribution in [0.2, 0.25) is 0 Å². The molecule has 19 heavy (non-hydrogen) atoms. The Morgan fingerprint density at radius 2 is 1.37 bits per heavy atom. The Morgan fingerprint density at radius 3 is 1.89 bits per heavy atom. The Labute approximate surface area is 124 Å². The summed E-state index contributed by atoms with van der Waals surface area (Å²) in [6.45, 7) is 6.48. The van der Waals surface area contributed by atoms with Crippen molar-refractivity contribution in [1.29, 1.82) is 0 Å². The molecule has 1 nitrogen and oxygen atoms in total. The van der Waals surface area contributed by atoms with E-state index < -0.39 is 0 Å². The largest absolute Gasteiger partial charge is 0.292 e. The van der Waals surface area contributed by atoms with Gasteiger partial charge in [-0.3, -0.25) is 4.90 Å². The molecule has 0 spiro atoms. The number of rotatable bonds is 5. The van der Waals surface area contributed by atoms with E-state index in [9.17, 15) is 0 Å². The molecule has 0 atom stereocenters. The minimum atomic E-state index is 0.531. The number of benzene rings is 2. The Morgan fingerprint density at radius 1 is 0.842 bits per heavy atom. The molecule has 2 aromatic rings. The summed E-state index contributed by atoms with van der Waals surface area (Å²) in [7, 11) is 0. The van der Waals surface area contributed by atoms with E-state index in [0.717, 1.165) is 17.6 Å². The number of nitrogens with zero attached hydrogens (tertiary/aromatic N) is 1. The molecule has 0 saturated carbocycles. The van der Waals surface area contributed by atoms with Gasteiger partial charge in [-0.15, -0.1) is 0 Å². The van der Waals surface area contributed by atoms with E-state index in [1.807, 2.05) is 0 Å². The van der Waals surface area contributed by atoms with Gasteiger partial charge in [0.15, 0.2) is 0 Å². The smallest absolute Gasteiger partial charge is 0.0240 e. The topological polar surface area (TPSA) is 3.24 Å². The highest BCUT2D eigenvalue weighted by molar-refractivity contribution is 9.10. The molecule has 0 aromatic heterocycles. The normalized spacial score (nSPS) is 11.2. The lowest BCUT2D eigenvalue weighted by Gasteiger charge is -2.26. The van der Waals surface area contributed by atoms with Crippen molar-refractivity contribution in [3.63, 3.8) is 0 Å². The third-order valence-corrected chi connectivity index (χ3v) is 3.79. The second-order valence-electron chi connectivity index (χ2n) is 5.11. The fraction of sp³-hybridized carbons (Fsp3) is 0.294. The second-order valence-corrected chi connectivity index (χ2v) is 6.03. The van der Waals surface area contributed by atoms with Crippen LogP contribution in [-0.4, -0.2) is 10.9 Å². The first-order chi connectivity index (χ1) is 9.15. The minimum absolute atomic E-state index is 0.531. The van der Waals surface area contributed by atoms with Crippen LogP contribution in [-0.2, 0) is 13.1 Å². The molecule has 0 amide bonds. The summed E-state index contributed by atoms with van der Waals surface area (Å²) in [6.07, 6.45) is 0. The van der Waals surface area contributed by atoms with E-state index in [4.69, 9.17) is 0 Å². The molecular formula is C17H20BrN. The highest BCUT2D eigenvalue weighted by Gasteiger charge is 2.10. The fourth-order valence-electron chi connectivity index (χ4n) is 2.06. The molecule has 2 aromatic carbocycles. The van der Waals surface area contributed by atoms with Crippen molar-refractivity contribution in [2.45, 2.75) is 33.0 Å². The van der Waals surface area contributed by atoms with Gasteiger partial charge in [-0.2, -0.15) is 0 Å². The van der Waals surface area contributed by atoms with Gasteiger partial charge in [-0.25, -0.2) is 0 Å². The molecule has 0 heterocycles. The lowest BCUT2D eigenvalue weighted by molar-refractivity contribution is 0.203. The first-order valence-electron chi connectivity index (χ1n) is 6.67. The van der Waals surface area contributed by atoms with E-state index in [2.05, 4.69) is 89.3 Å². The molecule has 0 unspecified atom stereocenters. The van der Waals surface area contributed by atoms with Gasteiger partial charge in [-0.05, 0) is 37.1 Å². The van der Waals surface area contributed by atoms with Crippen molar-refractivity contribution in [3.8, 4) is 0 Å². The quantitative estimate of drug-likeness (QED) is 0.761. The van der Waals surface area contributed by atoms with Gasteiger partial charge in [0.25, 0.3) is 0 Å². The van der Waals surface area contributed by atoms with Crippen LogP contribution in [0.15, 0.2) is 59.1 Å². The fourth-order valence-corrected chi connectivity index (χ4v) is 2.33. The molecule has 0 aliphatic heterocycles. The van der Waals surface area contributed by atoms with Crippen molar-refractivity contribution in [2.75, 3.05) is 0 Å². The van der Waals surface area contributed by atoms with E-state index in [1.54, 1.807) is 0 Å². The van der Waals surface area contributed by atoms with Crippen LogP contribution in [0.1, 0.15) is 25.0 Å². The van der Waals surface area contributed by atoms with Crippen LogP contribution in [0.4, 0.5) is 0 Å². The zero-order chi connectivity index (χ0) is 13.7. The lowest BCUT2D eigenvalue weighted by Crippen LogP contribution is -2.29. The van der Waals surface area contributed by atoms with E-state index in [1.165, 1.54) is 11.1 Å². The summed E-state index contributed by atoms with van der Waals surface area (Å²) in [5.74, 6) is 0. The van der Waals surface area contributed by atoms with Crippen LogP contribution < -0.4 is 0 Å². The zero-order valence-electron chi connectivity index (χ0n) is 11.5. The van der Waals surface area contributed by atoms with Crippen molar-refractivity contribution >= 4 is 15.9 Å². The van der Waals surface area contributed by atoms with Gasteiger partial charge in [0, 0.05) is 23.6 Å². The Balaban J connectivity index is 2.06. The summed E-state index contributed by atoms with van der Waals surface area (Å²) < 4.78 is 1.13. The highest BCUT2D eigenvalue weighted by Crippen LogP contribution is 2.15. The third-order valence-electron chi connectivity index (χ3n) is 3.26. The van der Waals surface area contributed by atoms with Gasteiger partial charge in [0.05, 0.1) is 0 Å². The summed E-state index contributed by atoms with van der Waals surface area (Å²) in [6, 6.07) is 19.8. The van der Waals surface area contributed by atoms with Crippen LogP contribution >= 0.6 is 15.9 Å².